The van der Waals surface area contributed by atoms with E-state index in [1.165, 1.54) is 11.1 Å². The van der Waals surface area contributed by atoms with Crippen molar-refractivity contribution in [3.63, 3.8) is 0 Å². The number of amides is 4. The molecule has 1 unspecified atom stereocenters. The van der Waals surface area contributed by atoms with Gasteiger partial charge in [0.2, 0.25) is 5.91 Å². The maximum Gasteiger partial charge on any atom is 0.325 e. The highest BCUT2D eigenvalue weighted by molar-refractivity contribution is 6.10. The van der Waals surface area contributed by atoms with Gasteiger partial charge in [-0.2, -0.15) is 0 Å². The van der Waals surface area contributed by atoms with Crippen molar-refractivity contribution >= 4 is 23.4 Å². The van der Waals surface area contributed by atoms with Gasteiger partial charge < -0.3 is 10.2 Å². The highest BCUT2D eigenvalue weighted by atomic mass is 16.2. The number of carbonyl (C=O) groups excluding carboxylic acids is 3. The second-order valence-electron chi connectivity index (χ2n) is 8.07. The topological polar surface area (TPSA) is 69.7 Å². The van der Waals surface area contributed by atoms with E-state index < -0.39 is 11.6 Å². The van der Waals surface area contributed by atoms with Crippen LogP contribution in [0.4, 0.5) is 4.79 Å². The molecule has 6 heteroatoms. The van der Waals surface area contributed by atoms with Gasteiger partial charge in [0.25, 0.3) is 5.91 Å². The Kier molecular flexibility index (Phi) is 4.42. The molecule has 1 atom stereocenters. The fourth-order valence-corrected chi connectivity index (χ4v) is 4.78. The molecule has 2 heterocycles. The van der Waals surface area contributed by atoms with E-state index in [4.69, 9.17) is 0 Å². The van der Waals surface area contributed by atoms with Gasteiger partial charge in [-0.3, -0.25) is 14.5 Å². The number of benzene rings is 2. The summed E-state index contributed by atoms with van der Waals surface area (Å²) in [4.78, 5) is 41.5. The van der Waals surface area contributed by atoms with Crippen LogP contribution in [0.25, 0.3) is 5.57 Å². The van der Waals surface area contributed by atoms with E-state index in [1.807, 2.05) is 42.5 Å². The number of urea groups is 1. The molecule has 30 heavy (non-hydrogen) atoms. The number of hydrogen-bond acceptors (Lipinski definition) is 3. The lowest BCUT2D eigenvalue weighted by atomic mass is 9.92. The number of nitrogens with one attached hydrogen (secondary N) is 1. The Hall–Kier alpha value is -3.41. The first-order valence-electron chi connectivity index (χ1n) is 10.3. The molecule has 4 amide bonds. The smallest absolute Gasteiger partial charge is 0.325 e. The summed E-state index contributed by atoms with van der Waals surface area (Å²) in [7, 11) is 0. The van der Waals surface area contributed by atoms with Crippen molar-refractivity contribution in [3.8, 4) is 0 Å². The first kappa shape index (κ1) is 18.6. The maximum atomic E-state index is 13.2. The van der Waals surface area contributed by atoms with Crippen LogP contribution in [0.3, 0.4) is 0 Å². The highest BCUT2D eigenvalue weighted by Gasteiger charge is 2.55. The standard InChI is InChI=1S/C24H23N3O3/c28-21(26-14-11-18(12-15-26)17-6-2-1-3-7-17)16-27-22(29)24(25-23(27)30)13-10-19-8-4-5-9-20(19)24/h1-9,11H,10,12-16H2,(H,25,30). The Morgan fingerprint density at radius 2 is 1.77 bits per heavy atom. The summed E-state index contributed by atoms with van der Waals surface area (Å²) in [6.07, 6.45) is 4.09. The number of carbonyl (C=O) groups is 3. The van der Waals surface area contributed by atoms with Crippen molar-refractivity contribution in [2.45, 2.75) is 24.8 Å². The summed E-state index contributed by atoms with van der Waals surface area (Å²) in [5.74, 6) is -0.520. The maximum absolute atomic E-state index is 13.2. The van der Waals surface area contributed by atoms with Crippen molar-refractivity contribution in [2.24, 2.45) is 0 Å². The van der Waals surface area contributed by atoms with Gasteiger partial charge in [0.05, 0.1) is 0 Å². The molecule has 0 aromatic heterocycles. The summed E-state index contributed by atoms with van der Waals surface area (Å²) in [6.45, 7) is 0.848. The van der Waals surface area contributed by atoms with Crippen molar-refractivity contribution < 1.29 is 14.4 Å². The van der Waals surface area contributed by atoms with E-state index >= 15 is 0 Å². The minimum Gasteiger partial charge on any atom is -0.337 e. The second-order valence-corrected chi connectivity index (χ2v) is 8.07. The third-order valence-corrected chi connectivity index (χ3v) is 6.42. The molecule has 0 bridgehead atoms. The number of nitrogens with zero attached hydrogens (tertiary/aromatic N) is 2. The van der Waals surface area contributed by atoms with Crippen molar-refractivity contribution in [1.29, 1.82) is 0 Å². The van der Waals surface area contributed by atoms with E-state index in [2.05, 4.69) is 23.5 Å². The van der Waals surface area contributed by atoms with Gasteiger partial charge in [-0.15, -0.1) is 0 Å². The van der Waals surface area contributed by atoms with Crippen LogP contribution < -0.4 is 5.32 Å². The molecule has 6 nitrogen and oxygen atoms in total. The third kappa shape index (κ3) is 2.91. The molecular formula is C24H23N3O3. The van der Waals surface area contributed by atoms with Crippen molar-refractivity contribution in [1.82, 2.24) is 15.1 Å². The van der Waals surface area contributed by atoms with Crippen LogP contribution >= 0.6 is 0 Å². The minimum atomic E-state index is -1.02. The lowest BCUT2D eigenvalue weighted by Crippen LogP contribution is -2.45. The predicted molar refractivity (Wildman–Crippen MR) is 112 cm³/mol. The SMILES string of the molecule is O=C(CN1C(=O)NC2(CCc3ccccc32)C1=O)N1CC=C(c2ccccc2)CC1. The molecule has 5 rings (SSSR count). The van der Waals surface area contributed by atoms with Crippen LogP contribution in [0.1, 0.15) is 29.5 Å². The van der Waals surface area contributed by atoms with Crippen LogP contribution in [0.2, 0.25) is 0 Å². The van der Waals surface area contributed by atoms with Gasteiger partial charge in [0.15, 0.2) is 0 Å². The normalized spacial score (nSPS) is 22.9. The van der Waals surface area contributed by atoms with Gasteiger partial charge in [0, 0.05) is 13.1 Å². The van der Waals surface area contributed by atoms with Gasteiger partial charge in [-0.1, -0.05) is 60.7 Å². The lowest BCUT2D eigenvalue weighted by molar-refractivity contribution is -0.139. The number of aryl methyl sites for hydroxylation is 1. The van der Waals surface area contributed by atoms with Crippen LogP contribution in [0, 0.1) is 0 Å². The van der Waals surface area contributed by atoms with Gasteiger partial charge in [-0.25, -0.2) is 4.79 Å². The van der Waals surface area contributed by atoms with E-state index in [-0.39, 0.29) is 18.4 Å². The van der Waals surface area contributed by atoms with Crippen LogP contribution in [-0.2, 0) is 21.5 Å². The largest absolute Gasteiger partial charge is 0.337 e. The lowest BCUT2D eigenvalue weighted by Gasteiger charge is -2.28. The van der Waals surface area contributed by atoms with E-state index in [0.717, 1.165) is 28.9 Å². The summed E-state index contributed by atoms with van der Waals surface area (Å²) in [6, 6.07) is 17.3. The second kappa shape index (κ2) is 7.13. The molecule has 1 saturated heterocycles. The van der Waals surface area contributed by atoms with E-state index in [0.29, 0.717) is 19.5 Å². The first-order chi connectivity index (χ1) is 14.6. The highest BCUT2D eigenvalue weighted by Crippen LogP contribution is 2.41. The number of hydrogen-bond donors (Lipinski definition) is 1. The van der Waals surface area contributed by atoms with E-state index in [9.17, 15) is 14.4 Å². The molecule has 1 fully saturated rings. The molecule has 2 aliphatic heterocycles. The van der Waals surface area contributed by atoms with Gasteiger partial charge in [0.1, 0.15) is 12.1 Å². The Morgan fingerprint density at radius 3 is 2.53 bits per heavy atom. The molecule has 0 radical (unpaired) electrons. The molecule has 1 aliphatic carbocycles. The molecule has 1 spiro atoms. The van der Waals surface area contributed by atoms with Gasteiger partial charge in [-0.05, 0) is 41.5 Å². The first-order valence-corrected chi connectivity index (χ1v) is 10.3. The zero-order chi connectivity index (χ0) is 20.7. The number of rotatable bonds is 3. The average molecular weight is 401 g/mol. The fraction of sp³-hybridized carbons (Fsp3) is 0.292. The molecule has 2 aromatic carbocycles. The predicted octanol–water partition coefficient (Wildman–Crippen LogP) is 2.70. The quantitative estimate of drug-likeness (QED) is 0.804. The van der Waals surface area contributed by atoms with Crippen LogP contribution in [0.5, 0.6) is 0 Å². The summed E-state index contributed by atoms with van der Waals surface area (Å²) >= 11 is 0. The Bertz CT molecular complexity index is 1060. The molecule has 152 valence electrons. The Balaban J connectivity index is 1.29. The van der Waals surface area contributed by atoms with Gasteiger partial charge >= 0.3 is 6.03 Å². The molecule has 3 aliphatic rings. The number of imide groups is 1. The zero-order valence-corrected chi connectivity index (χ0v) is 16.6. The molecule has 1 N–H and O–H groups in total. The zero-order valence-electron chi connectivity index (χ0n) is 16.6. The van der Waals surface area contributed by atoms with E-state index in [1.54, 1.807) is 4.90 Å². The summed E-state index contributed by atoms with van der Waals surface area (Å²) in [5, 5.41) is 2.88. The Labute approximate surface area is 175 Å². The number of fused-ring (bicyclic) bond motifs is 2. The third-order valence-electron chi connectivity index (χ3n) is 6.42. The van der Waals surface area contributed by atoms with Crippen molar-refractivity contribution in [3.05, 3.63) is 77.4 Å². The molecule has 0 saturated carbocycles. The molecular weight excluding hydrogens is 378 g/mol. The fourth-order valence-electron chi connectivity index (χ4n) is 4.78. The average Bonchev–Trinajstić information content (AvgIpc) is 3.27. The monoisotopic (exact) mass is 401 g/mol. The Morgan fingerprint density at radius 1 is 1.00 bits per heavy atom. The van der Waals surface area contributed by atoms with Crippen molar-refractivity contribution in [2.75, 3.05) is 19.6 Å². The van der Waals surface area contributed by atoms with Crippen LogP contribution in [-0.4, -0.2) is 47.3 Å². The minimum absolute atomic E-state index is 0.204. The molecule has 2 aromatic rings. The van der Waals surface area contributed by atoms with Crippen LogP contribution in [0.15, 0.2) is 60.7 Å². The summed E-state index contributed by atoms with van der Waals surface area (Å²) < 4.78 is 0. The summed E-state index contributed by atoms with van der Waals surface area (Å²) in [5.41, 5.74) is 3.30.